The van der Waals surface area contributed by atoms with Crippen molar-refractivity contribution in [2.45, 2.75) is 19.6 Å². The first-order valence-electron chi connectivity index (χ1n) is 5.33. The average molecular weight is 226 g/mol. The molecule has 2 N–H and O–H groups in total. The Balaban J connectivity index is 2.66. The second-order valence-electron chi connectivity index (χ2n) is 4.28. The molecule has 0 aliphatic heterocycles. The fourth-order valence-corrected chi connectivity index (χ4v) is 1.63. The van der Waals surface area contributed by atoms with Gasteiger partial charge in [-0.25, -0.2) is 4.39 Å². The molecule has 0 aromatic heterocycles. The van der Waals surface area contributed by atoms with Crippen molar-refractivity contribution in [3.8, 4) is 0 Å². The zero-order valence-corrected chi connectivity index (χ0v) is 10.00. The molecule has 0 heterocycles. The maximum absolute atomic E-state index is 13.5. The van der Waals surface area contributed by atoms with E-state index in [2.05, 4.69) is 5.32 Å². The van der Waals surface area contributed by atoms with Crippen LogP contribution in [-0.4, -0.2) is 36.7 Å². The predicted octanol–water partition coefficient (Wildman–Crippen LogP) is 1.68. The Labute approximate surface area is 95.9 Å². The lowest BCUT2D eigenvalue weighted by Crippen LogP contribution is -2.29. The molecule has 1 aromatic carbocycles. The minimum Gasteiger partial charge on any atom is -0.392 e. The van der Waals surface area contributed by atoms with Crippen molar-refractivity contribution in [1.82, 2.24) is 4.90 Å². The van der Waals surface area contributed by atoms with Crippen molar-refractivity contribution in [1.29, 1.82) is 0 Å². The highest BCUT2D eigenvalue weighted by Gasteiger charge is 2.07. The summed E-state index contributed by atoms with van der Waals surface area (Å²) in [6, 6.07) is 4.90. The Morgan fingerprint density at radius 3 is 2.62 bits per heavy atom. The Kier molecular flexibility index (Phi) is 4.71. The van der Waals surface area contributed by atoms with Crippen LogP contribution in [-0.2, 0) is 6.61 Å². The zero-order chi connectivity index (χ0) is 12.1. The number of nitrogens with zero attached hydrogens (tertiary/aromatic N) is 1. The number of likely N-dealkylation sites (N-methyl/N-ethyl adjacent to an activating group) is 1. The molecule has 1 aromatic rings. The van der Waals surface area contributed by atoms with Crippen LogP contribution in [0.4, 0.5) is 10.1 Å². The maximum atomic E-state index is 13.5. The minimum atomic E-state index is -0.322. The molecule has 0 spiro atoms. The quantitative estimate of drug-likeness (QED) is 0.802. The number of anilines is 1. The standard InChI is InChI=1S/C12H19FN2O/c1-9(7-15(2)3)14-12-5-4-10(8-16)6-11(12)13/h4-6,9,14,16H,7-8H2,1-3H3. The summed E-state index contributed by atoms with van der Waals surface area (Å²) in [5.41, 5.74) is 1.06. The van der Waals surface area contributed by atoms with Gasteiger partial charge in [0.15, 0.2) is 0 Å². The Bertz CT molecular complexity index is 342. The van der Waals surface area contributed by atoms with Gasteiger partial charge in [-0.2, -0.15) is 0 Å². The van der Waals surface area contributed by atoms with Gasteiger partial charge in [-0.15, -0.1) is 0 Å². The molecule has 0 saturated carbocycles. The lowest BCUT2D eigenvalue weighted by molar-refractivity contribution is 0.281. The van der Waals surface area contributed by atoms with Crippen LogP contribution >= 0.6 is 0 Å². The third-order valence-corrected chi connectivity index (χ3v) is 2.26. The van der Waals surface area contributed by atoms with E-state index in [0.717, 1.165) is 6.54 Å². The van der Waals surface area contributed by atoms with Crippen LogP contribution in [0, 0.1) is 5.82 Å². The molecule has 0 aliphatic carbocycles. The minimum absolute atomic E-state index is 0.134. The molecule has 0 bridgehead atoms. The fourth-order valence-electron chi connectivity index (χ4n) is 1.63. The third kappa shape index (κ3) is 3.79. The van der Waals surface area contributed by atoms with E-state index in [1.54, 1.807) is 12.1 Å². The molecule has 16 heavy (non-hydrogen) atoms. The number of hydrogen-bond acceptors (Lipinski definition) is 3. The zero-order valence-electron chi connectivity index (χ0n) is 10.00. The van der Waals surface area contributed by atoms with E-state index in [4.69, 9.17) is 5.11 Å². The summed E-state index contributed by atoms with van der Waals surface area (Å²) in [6.45, 7) is 2.70. The van der Waals surface area contributed by atoms with Gasteiger partial charge in [-0.3, -0.25) is 0 Å². The van der Waals surface area contributed by atoms with Gasteiger partial charge < -0.3 is 15.3 Å². The first kappa shape index (κ1) is 12.9. The van der Waals surface area contributed by atoms with Gasteiger partial charge in [0.1, 0.15) is 5.82 Å². The average Bonchev–Trinajstić information content (AvgIpc) is 2.19. The molecule has 0 aliphatic rings. The summed E-state index contributed by atoms with van der Waals surface area (Å²) < 4.78 is 13.5. The summed E-state index contributed by atoms with van der Waals surface area (Å²) in [5.74, 6) is -0.322. The van der Waals surface area contributed by atoms with Gasteiger partial charge in [-0.1, -0.05) is 6.07 Å². The van der Waals surface area contributed by atoms with Crippen LogP contribution in [0.5, 0.6) is 0 Å². The number of hydrogen-bond donors (Lipinski definition) is 2. The van der Waals surface area contributed by atoms with E-state index < -0.39 is 0 Å². The molecular weight excluding hydrogens is 207 g/mol. The largest absolute Gasteiger partial charge is 0.392 e. The molecule has 0 amide bonds. The topological polar surface area (TPSA) is 35.5 Å². The summed E-state index contributed by atoms with van der Waals surface area (Å²) >= 11 is 0. The van der Waals surface area contributed by atoms with Gasteiger partial charge in [-0.05, 0) is 38.7 Å². The second kappa shape index (κ2) is 5.82. The third-order valence-electron chi connectivity index (χ3n) is 2.26. The molecule has 1 rings (SSSR count). The van der Waals surface area contributed by atoms with Crippen LogP contribution < -0.4 is 5.32 Å². The molecule has 0 radical (unpaired) electrons. The van der Waals surface area contributed by atoms with Crippen LogP contribution in [0.1, 0.15) is 12.5 Å². The van der Waals surface area contributed by atoms with Crippen molar-refractivity contribution in [2.24, 2.45) is 0 Å². The van der Waals surface area contributed by atoms with Gasteiger partial charge in [0.05, 0.1) is 12.3 Å². The summed E-state index contributed by atoms with van der Waals surface area (Å²) in [6.07, 6.45) is 0. The molecule has 4 heteroatoms. The number of rotatable bonds is 5. The van der Waals surface area contributed by atoms with Crippen LogP contribution in [0.25, 0.3) is 0 Å². The number of aliphatic hydroxyl groups excluding tert-OH is 1. The summed E-state index contributed by atoms with van der Waals surface area (Å²) in [5, 5.41) is 12.0. The molecule has 1 atom stereocenters. The lowest BCUT2D eigenvalue weighted by atomic mass is 10.2. The number of benzene rings is 1. The second-order valence-corrected chi connectivity index (χ2v) is 4.28. The Hall–Kier alpha value is -1.13. The summed E-state index contributed by atoms with van der Waals surface area (Å²) in [7, 11) is 3.95. The molecular formula is C12H19FN2O. The van der Waals surface area contributed by atoms with E-state index in [-0.39, 0.29) is 18.5 Å². The van der Waals surface area contributed by atoms with E-state index in [0.29, 0.717) is 11.3 Å². The molecule has 3 nitrogen and oxygen atoms in total. The molecule has 1 unspecified atom stereocenters. The van der Waals surface area contributed by atoms with E-state index >= 15 is 0 Å². The fraction of sp³-hybridized carbons (Fsp3) is 0.500. The normalized spacial score (nSPS) is 12.9. The van der Waals surface area contributed by atoms with Crippen molar-refractivity contribution in [3.63, 3.8) is 0 Å². The molecule has 0 saturated heterocycles. The first-order chi connectivity index (χ1) is 7.52. The maximum Gasteiger partial charge on any atom is 0.146 e. The van der Waals surface area contributed by atoms with Crippen molar-refractivity contribution in [2.75, 3.05) is 26.0 Å². The number of halogens is 1. The van der Waals surface area contributed by atoms with Crippen LogP contribution in [0.2, 0.25) is 0 Å². The highest BCUT2D eigenvalue weighted by atomic mass is 19.1. The SMILES string of the molecule is CC(CN(C)C)Nc1ccc(CO)cc1F. The predicted molar refractivity (Wildman–Crippen MR) is 64.0 cm³/mol. The van der Waals surface area contributed by atoms with Crippen molar-refractivity contribution < 1.29 is 9.50 Å². The molecule has 0 fully saturated rings. The number of nitrogens with one attached hydrogen (secondary N) is 1. The van der Waals surface area contributed by atoms with Gasteiger partial charge in [0.25, 0.3) is 0 Å². The lowest BCUT2D eigenvalue weighted by Gasteiger charge is -2.19. The summed E-state index contributed by atoms with van der Waals surface area (Å²) in [4.78, 5) is 2.04. The van der Waals surface area contributed by atoms with Gasteiger partial charge in [0, 0.05) is 12.6 Å². The monoisotopic (exact) mass is 226 g/mol. The van der Waals surface area contributed by atoms with Crippen LogP contribution in [0.15, 0.2) is 18.2 Å². The van der Waals surface area contributed by atoms with Gasteiger partial charge in [0.2, 0.25) is 0 Å². The Morgan fingerprint density at radius 2 is 2.12 bits per heavy atom. The number of aliphatic hydroxyl groups is 1. The van der Waals surface area contributed by atoms with Crippen LogP contribution in [0.3, 0.4) is 0 Å². The molecule has 90 valence electrons. The highest BCUT2D eigenvalue weighted by molar-refractivity contribution is 5.47. The Morgan fingerprint density at radius 1 is 1.44 bits per heavy atom. The van der Waals surface area contributed by atoms with E-state index in [1.807, 2.05) is 25.9 Å². The first-order valence-corrected chi connectivity index (χ1v) is 5.33. The van der Waals surface area contributed by atoms with Crippen molar-refractivity contribution >= 4 is 5.69 Å². The van der Waals surface area contributed by atoms with Crippen molar-refractivity contribution in [3.05, 3.63) is 29.6 Å². The van der Waals surface area contributed by atoms with E-state index in [1.165, 1.54) is 6.07 Å². The van der Waals surface area contributed by atoms with E-state index in [9.17, 15) is 4.39 Å². The highest BCUT2D eigenvalue weighted by Crippen LogP contribution is 2.16. The smallest absolute Gasteiger partial charge is 0.146 e. The van der Waals surface area contributed by atoms with Gasteiger partial charge >= 0.3 is 0 Å².